The van der Waals surface area contributed by atoms with E-state index >= 15 is 0 Å². The zero-order chi connectivity index (χ0) is 30.2. The molecule has 0 saturated heterocycles. The van der Waals surface area contributed by atoms with E-state index in [0.29, 0.717) is 6.42 Å². The second-order valence-electron chi connectivity index (χ2n) is 9.71. The molecular formula is C32H37N3O7. The van der Waals surface area contributed by atoms with Crippen molar-refractivity contribution in [2.75, 3.05) is 0 Å². The van der Waals surface area contributed by atoms with Crippen molar-refractivity contribution in [3.05, 3.63) is 108 Å². The Hall–Kier alpha value is -4.70. The number of benzene rings is 3. The largest absolute Gasteiger partial charge is 0.460 e. The molecule has 0 aromatic heterocycles. The van der Waals surface area contributed by atoms with Gasteiger partial charge in [0.05, 0.1) is 0 Å². The van der Waals surface area contributed by atoms with E-state index in [2.05, 4.69) is 10.6 Å². The summed E-state index contributed by atoms with van der Waals surface area (Å²) in [6.07, 6.45) is -0.138. The van der Waals surface area contributed by atoms with E-state index in [1.54, 1.807) is 12.1 Å². The van der Waals surface area contributed by atoms with Gasteiger partial charge in [-0.3, -0.25) is 9.59 Å². The van der Waals surface area contributed by atoms with E-state index in [1.165, 1.54) is 6.92 Å². The molecule has 10 nitrogen and oxygen atoms in total. The third-order valence-corrected chi connectivity index (χ3v) is 6.29. The highest BCUT2D eigenvalue weighted by Crippen LogP contribution is 2.09. The fraction of sp³-hybridized carbons (Fsp3) is 0.312. The molecule has 0 aliphatic carbocycles. The molecule has 1 unspecified atom stereocenters. The van der Waals surface area contributed by atoms with Gasteiger partial charge in [0.25, 0.3) is 0 Å². The summed E-state index contributed by atoms with van der Waals surface area (Å²) in [6.45, 7) is 1.67. The van der Waals surface area contributed by atoms with Crippen LogP contribution >= 0.6 is 0 Å². The lowest BCUT2D eigenvalue weighted by atomic mass is 10.0. The highest BCUT2D eigenvalue weighted by atomic mass is 16.5. The number of hydrogen-bond donors (Lipinski definition) is 3. The van der Waals surface area contributed by atoms with Crippen LogP contribution in [0.15, 0.2) is 91.0 Å². The molecule has 3 aromatic rings. The van der Waals surface area contributed by atoms with Crippen LogP contribution < -0.4 is 16.4 Å². The van der Waals surface area contributed by atoms with E-state index in [4.69, 9.17) is 19.9 Å². The van der Waals surface area contributed by atoms with Crippen molar-refractivity contribution in [2.24, 2.45) is 5.73 Å². The molecular weight excluding hydrogens is 538 g/mol. The third kappa shape index (κ3) is 11.4. The Kier molecular flexibility index (Phi) is 13.0. The number of carbonyl (C=O) groups excluding carboxylic acids is 4. The van der Waals surface area contributed by atoms with Gasteiger partial charge in [-0.1, -0.05) is 91.0 Å². The molecule has 0 aliphatic rings. The maximum absolute atomic E-state index is 13.1. The molecule has 3 rings (SSSR count). The topological polar surface area (TPSA) is 146 Å². The molecule has 0 heterocycles. The van der Waals surface area contributed by atoms with Gasteiger partial charge in [-0.25, -0.2) is 9.59 Å². The van der Waals surface area contributed by atoms with Gasteiger partial charge in [0.15, 0.2) is 0 Å². The van der Waals surface area contributed by atoms with Crippen LogP contribution in [0, 0.1) is 0 Å². The maximum atomic E-state index is 13.1. The van der Waals surface area contributed by atoms with Crippen LogP contribution in [0.2, 0.25) is 0 Å². The summed E-state index contributed by atoms with van der Waals surface area (Å²) in [5, 5.41) is 5.14. The minimum atomic E-state index is -1.05. The Morgan fingerprint density at radius 1 is 0.643 bits per heavy atom. The molecule has 42 heavy (non-hydrogen) atoms. The van der Waals surface area contributed by atoms with Gasteiger partial charge in [-0.2, -0.15) is 0 Å². The van der Waals surface area contributed by atoms with Crippen LogP contribution in [0.3, 0.4) is 0 Å². The highest BCUT2D eigenvalue weighted by molar-refractivity contribution is 5.89. The predicted octanol–water partition coefficient (Wildman–Crippen LogP) is 3.77. The van der Waals surface area contributed by atoms with Gasteiger partial charge >= 0.3 is 18.0 Å². The number of nitrogens with two attached hydrogens (primary N) is 1. The molecule has 0 radical (unpaired) electrons. The lowest BCUT2D eigenvalue weighted by Crippen LogP contribution is -2.51. The summed E-state index contributed by atoms with van der Waals surface area (Å²) in [4.78, 5) is 50.5. The number of ether oxygens (including phenoxy) is 3. The van der Waals surface area contributed by atoms with Crippen LogP contribution in [-0.4, -0.2) is 42.1 Å². The summed E-state index contributed by atoms with van der Waals surface area (Å²) < 4.78 is 15.9. The average Bonchev–Trinajstić information content (AvgIpc) is 3.02. The molecule has 0 bridgehead atoms. The molecule has 0 saturated carbocycles. The molecule has 2 amide bonds. The average molecular weight is 576 g/mol. The first-order valence-corrected chi connectivity index (χ1v) is 13.8. The van der Waals surface area contributed by atoms with Gasteiger partial charge in [0, 0.05) is 0 Å². The van der Waals surface area contributed by atoms with Gasteiger partial charge in [0.2, 0.25) is 5.91 Å². The van der Waals surface area contributed by atoms with Crippen LogP contribution in [0.1, 0.15) is 42.9 Å². The first-order valence-electron chi connectivity index (χ1n) is 13.8. The molecule has 222 valence electrons. The van der Waals surface area contributed by atoms with E-state index < -0.39 is 42.1 Å². The van der Waals surface area contributed by atoms with Gasteiger partial charge in [-0.15, -0.1) is 0 Å². The zero-order valence-electron chi connectivity index (χ0n) is 23.6. The number of esters is 2. The minimum Gasteiger partial charge on any atom is -0.460 e. The SMILES string of the molecule is C[C@@H](NC(=O)[C@@H](CCCC(N)C(=O)OCc1ccccc1)NC(=O)OCc1ccccc1)C(=O)OCc1ccccc1. The smallest absolute Gasteiger partial charge is 0.408 e. The quantitative estimate of drug-likeness (QED) is 0.183. The van der Waals surface area contributed by atoms with Crippen molar-refractivity contribution >= 4 is 23.9 Å². The fourth-order valence-electron chi connectivity index (χ4n) is 3.90. The number of hydrogen-bond acceptors (Lipinski definition) is 8. The summed E-state index contributed by atoms with van der Waals surface area (Å²) in [7, 11) is 0. The van der Waals surface area contributed by atoms with Crippen LogP contribution in [0.25, 0.3) is 0 Å². The van der Waals surface area contributed by atoms with Crippen molar-refractivity contribution in [3.8, 4) is 0 Å². The highest BCUT2D eigenvalue weighted by Gasteiger charge is 2.26. The van der Waals surface area contributed by atoms with E-state index in [-0.39, 0.29) is 32.7 Å². The zero-order valence-corrected chi connectivity index (χ0v) is 23.6. The van der Waals surface area contributed by atoms with Gasteiger partial charge in [-0.05, 0) is 42.9 Å². The first-order chi connectivity index (χ1) is 20.3. The van der Waals surface area contributed by atoms with Crippen molar-refractivity contribution in [1.29, 1.82) is 0 Å². The summed E-state index contributed by atoms with van der Waals surface area (Å²) in [5.41, 5.74) is 8.44. The summed E-state index contributed by atoms with van der Waals surface area (Å²) >= 11 is 0. The molecule has 0 fully saturated rings. The minimum absolute atomic E-state index is 0.0152. The second kappa shape index (κ2) is 17.2. The van der Waals surface area contributed by atoms with Crippen molar-refractivity contribution in [1.82, 2.24) is 10.6 Å². The molecule has 0 spiro atoms. The number of nitrogens with one attached hydrogen (secondary N) is 2. The predicted molar refractivity (Wildman–Crippen MR) is 155 cm³/mol. The summed E-state index contributed by atoms with van der Waals surface area (Å²) in [6, 6.07) is 24.5. The normalized spacial score (nSPS) is 12.7. The molecule has 0 aliphatic heterocycles. The maximum Gasteiger partial charge on any atom is 0.408 e. The lowest BCUT2D eigenvalue weighted by molar-refractivity contribution is -0.149. The molecule has 3 aromatic carbocycles. The van der Waals surface area contributed by atoms with Crippen LogP contribution in [0.4, 0.5) is 4.79 Å². The molecule has 4 N–H and O–H groups in total. The van der Waals surface area contributed by atoms with Crippen molar-refractivity contribution in [3.63, 3.8) is 0 Å². The Morgan fingerprint density at radius 2 is 1.10 bits per heavy atom. The fourth-order valence-corrected chi connectivity index (χ4v) is 3.90. The molecule has 3 atom stereocenters. The van der Waals surface area contributed by atoms with E-state index in [9.17, 15) is 19.2 Å². The standard InChI is InChI=1S/C32H37N3O7/c1-23(30(37)40-20-24-12-5-2-6-13-24)34-29(36)28(35-32(39)42-22-26-16-9-4-10-17-26)19-11-18-27(33)31(38)41-21-25-14-7-3-8-15-25/h2-10,12-17,23,27-28H,11,18-22,33H2,1H3,(H,34,36)(H,35,39)/t23-,27?,28-/m1/s1. The third-order valence-electron chi connectivity index (χ3n) is 6.29. The number of amides is 2. The van der Waals surface area contributed by atoms with Crippen molar-refractivity contribution in [2.45, 2.75) is 64.1 Å². The van der Waals surface area contributed by atoms with Crippen LogP contribution in [-0.2, 0) is 48.4 Å². The van der Waals surface area contributed by atoms with E-state index in [1.807, 2.05) is 78.9 Å². The second-order valence-corrected chi connectivity index (χ2v) is 9.71. The molecule has 10 heteroatoms. The van der Waals surface area contributed by atoms with Crippen molar-refractivity contribution < 1.29 is 33.4 Å². The van der Waals surface area contributed by atoms with E-state index in [0.717, 1.165) is 16.7 Å². The Bertz CT molecular complexity index is 1270. The first kappa shape index (κ1) is 31.8. The Labute approximate surface area is 245 Å². The van der Waals surface area contributed by atoms with Gasteiger partial charge in [0.1, 0.15) is 37.9 Å². The number of alkyl carbamates (subject to hydrolysis) is 1. The lowest BCUT2D eigenvalue weighted by Gasteiger charge is -2.21. The van der Waals surface area contributed by atoms with Crippen LogP contribution in [0.5, 0.6) is 0 Å². The van der Waals surface area contributed by atoms with Gasteiger partial charge < -0.3 is 30.6 Å². The Morgan fingerprint density at radius 3 is 1.60 bits per heavy atom. The summed E-state index contributed by atoms with van der Waals surface area (Å²) in [5.74, 6) is -1.79. The Balaban J connectivity index is 1.52. The number of carbonyl (C=O) groups is 4. The number of rotatable bonds is 15. The monoisotopic (exact) mass is 575 g/mol.